The van der Waals surface area contributed by atoms with Crippen molar-refractivity contribution in [1.82, 2.24) is 19.4 Å². The number of nitrogens with zero attached hydrogens (tertiary/aromatic N) is 6. The molecule has 2 fully saturated rings. The number of piperazine rings is 1. The van der Waals surface area contributed by atoms with Gasteiger partial charge in [0.2, 0.25) is 0 Å². The topological polar surface area (TPSA) is 83.8 Å². The van der Waals surface area contributed by atoms with Crippen LogP contribution in [0.4, 0.5) is 16.4 Å². The van der Waals surface area contributed by atoms with Gasteiger partial charge in [-0.05, 0) is 77.0 Å². The largest absolute Gasteiger partial charge is 0.444 e. The molecule has 5 rings (SSSR count). The summed E-state index contributed by atoms with van der Waals surface area (Å²) in [5, 5.41) is 1.28. The number of carbonyl (C=O) groups is 1. The molecule has 2 aliphatic heterocycles. The van der Waals surface area contributed by atoms with E-state index < -0.39 is 5.60 Å². The molecule has 0 unspecified atom stereocenters. The van der Waals surface area contributed by atoms with Crippen LogP contribution in [0.5, 0.6) is 0 Å². The van der Waals surface area contributed by atoms with E-state index in [0.29, 0.717) is 41.9 Å². The Morgan fingerprint density at radius 3 is 2.26 bits per heavy atom. The monoisotopic (exact) mass is 594 g/mol. The van der Waals surface area contributed by atoms with Crippen LogP contribution >= 0.6 is 11.6 Å². The number of hydrogen-bond acceptors (Lipinski definition) is 7. The van der Waals surface area contributed by atoms with Gasteiger partial charge in [0.1, 0.15) is 17.2 Å². The first-order valence-electron chi connectivity index (χ1n) is 15.3. The summed E-state index contributed by atoms with van der Waals surface area (Å²) in [5.74, 6) is 1.26. The fourth-order valence-electron chi connectivity index (χ4n) is 6.11. The molecule has 10 heteroatoms. The lowest BCUT2D eigenvalue weighted by Crippen LogP contribution is -2.55. The summed E-state index contributed by atoms with van der Waals surface area (Å²) in [7, 11) is 0. The molecule has 226 valence electrons. The lowest BCUT2D eigenvalue weighted by molar-refractivity contribution is 0.0218. The second kappa shape index (κ2) is 12.1. The molecule has 0 spiro atoms. The van der Waals surface area contributed by atoms with Crippen molar-refractivity contribution in [2.24, 2.45) is 0 Å². The molecular formula is C32H43ClN6O3. The molecule has 0 radical (unpaired) electrons. The Kier molecular flexibility index (Phi) is 8.69. The number of hydrogen-bond donors (Lipinski definition) is 0. The van der Waals surface area contributed by atoms with E-state index in [0.717, 1.165) is 61.0 Å². The van der Waals surface area contributed by atoms with E-state index in [1.807, 2.05) is 39.8 Å². The van der Waals surface area contributed by atoms with E-state index in [9.17, 15) is 9.59 Å². The number of pyridine rings is 1. The number of anilines is 2. The molecule has 0 N–H and O–H groups in total. The van der Waals surface area contributed by atoms with Crippen molar-refractivity contribution in [3.63, 3.8) is 0 Å². The SMILES string of the molecule is CCc1cccc(CC)c1-n1c(=O)nc(N2CCN(C(=O)OC(C)(C)C)C[C@@H]2C)c2cc(Cl)c(N3CCCCC3)nc21. The summed E-state index contributed by atoms with van der Waals surface area (Å²) in [6, 6.07) is 8.01. The second-order valence-corrected chi connectivity index (χ2v) is 12.8. The summed E-state index contributed by atoms with van der Waals surface area (Å²) in [6.45, 7) is 15.0. The maximum absolute atomic E-state index is 14.1. The summed E-state index contributed by atoms with van der Waals surface area (Å²) in [5.41, 5.74) is 2.63. The van der Waals surface area contributed by atoms with E-state index in [-0.39, 0.29) is 17.8 Å². The van der Waals surface area contributed by atoms with Crippen LogP contribution < -0.4 is 15.5 Å². The van der Waals surface area contributed by atoms with Crippen molar-refractivity contribution in [1.29, 1.82) is 0 Å². The zero-order valence-electron chi connectivity index (χ0n) is 25.7. The molecule has 3 aromatic rings. The Balaban J connectivity index is 1.66. The number of piperidine rings is 1. The van der Waals surface area contributed by atoms with Crippen molar-refractivity contribution in [3.05, 3.63) is 50.9 Å². The number of rotatable bonds is 5. The van der Waals surface area contributed by atoms with Crippen molar-refractivity contribution in [2.45, 2.75) is 85.3 Å². The zero-order chi connectivity index (χ0) is 30.2. The molecule has 2 aromatic heterocycles. The van der Waals surface area contributed by atoms with Crippen LogP contribution in [-0.4, -0.2) is 69.9 Å². The molecule has 42 heavy (non-hydrogen) atoms. The van der Waals surface area contributed by atoms with E-state index in [1.54, 1.807) is 9.47 Å². The Bertz CT molecular complexity index is 1500. The van der Waals surface area contributed by atoms with E-state index in [2.05, 4.69) is 35.8 Å². The molecule has 1 aromatic carbocycles. The molecule has 1 atom stereocenters. The molecule has 4 heterocycles. The minimum Gasteiger partial charge on any atom is -0.444 e. The number of carbonyl (C=O) groups excluding carboxylic acids is 1. The Morgan fingerprint density at radius 1 is 1.00 bits per heavy atom. The van der Waals surface area contributed by atoms with Crippen molar-refractivity contribution < 1.29 is 9.53 Å². The quantitative estimate of drug-likeness (QED) is 0.358. The number of halogens is 1. The maximum atomic E-state index is 14.1. The molecule has 2 aliphatic rings. The van der Waals surface area contributed by atoms with Gasteiger partial charge < -0.3 is 19.4 Å². The van der Waals surface area contributed by atoms with Gasteiger partial charge in [-0.3, -0.25) is 0 Å². The third kappa shape index (κ3) is 5.93. The molecule has 2 saturated heterocycles. The predicted molar refractivity (Wildman–Crippen MR) is 170 cm³/mol. The van der Waals surface area contributed by atoms with Gasteiger partial charge >= 0.3 is 11.8 Å². The van der Waals surface area contributed by atoms with E-state index in [1.165, 1.54) is 6.42 Å². The third-order valence-electron chi connectivity index (χ3n) is 8.18. The van der Waals surface area contributed by atoms with E-state index in [4.69, 9.17) is 26.3 Å². The van der Waals surface area contributed by atoms with Crippen LogP contribution in [-0.2, 0) is 17.6 Å². The number of fused-ring (bicyclic) bond motifs is 1. The van der Waals surface area contributed by atoms with Crippen molar-refractivity contribution in [3.8, 4) is 5.69 Å². The minimum absolute atomic E-state index is 0.105. The maximum Gasteiger partial charge on any atom is 0.410 e. The second-order valence-electron chi connectivity index (χ2n) is 12.4. The van der Waals surface area contributed by atoms with Crippen molar-refractivity contribution in [2.75, 3.05) is 42.5 Å². The van der Waals surface area contributed by atoms with Crippen LogP contribution in [0.1, 0.15) is 71.9 Å². The summed E-state index contributed by atoms with van der Waals surface area (Å²) < 4.78 is 7.31. The highest BCUT2D eigenvalue weighted by Gasteiger charge is 2.33. The van der Waals surface area contributed by atoms with Gasteiger partial charge in [-0.1, -0.05) is 43.6 Å². The van der Waals surface area contributed by atoms with Gasteiger partial charge in [-0.15, -0.1) is 0 Å². The summed E-state index contributed by atoms with van der Waals surface area (Å²) in [6.07, 6.45) is 4.58. The van der Waals surface area contributed by atoms with Crippen LogP contribution in [0.25, 0.3) is 16.7 Å². The predicted octanol–water partition coefficient (Wildman–Crippen LogP) is 5.99. The number of benzene rings is 1. The van der Waals surface area contributed by atoms with Gasteiger partial charge in [0, 0.05) is 38.8 Å². The summed E-state index contributed by atoms with van der Waals surface area (Å²) in [4.78, 5) is 42.8. The van der Waals surface area contributed by atoms with Gasteiger partial charge in [-0.25, -0.2) is 19.1 Å². The smallest absolute Gasteiger partial charge is 0.410 e. The molecule has 9 nitrogen and oxygen atoms in total. The molecular weight excluding hydrogens is 552 g/mol. The first-order valence-corrected chi connectivity index (χ1v) is 15.6. The molecule has 0 bridgehead atoms. The number of aromatic nitrogens is 3. The first kappa shape index (κ1) is 30.1. The zero-order valence-corrected chi connectivity index (χ0v) is 26.5. The van der Waals surface area contributed by atoms with E-state index >= 15 is 0 Å². The number of para-hydroxylation sites is 1. The molecule has 1 amide bonds. The molecule has 0 saturated carbocycles. The highest BCUT2D eigenvalue weighted by atomic mass is 35.5. The van der Waals surface area contributed by atoms with Gasteiger partial charge in [0.25, 0.3) is 0 Å². The fraction of sp³-hybridized carbons (Fsp3) is 0.562. The minimum atomic E-state index is -0.569. The lowest BCUT2D eigenvalue weighted by atomic mass is 10.0. The Morgan fingerprint density at radius 2 is 1.67 bits per heavy atom. The van der Waals surface area contributed by atoms with Crippen LogP contribution in [0, 0.1) is 0 Å². The van der Waals surface area contributed by atoms with Crippen molar-refractivity contribution >= 4 is 40.4 Å². The van der Waals surface area contributed by atoms with Crippen LogP contribution in [0.3, 0.4) is 0 Å². The Hall–Kier alpha value is -3.33. The number of amides is 1. The highest BCUT2D eigenvalue weighted by molar-refractivity contribution is 6.33. The van der Waals surface area contributed by atoms with Gasteiger partial charge in [0.05, 0.1) is 16.1 Å². The summed E-state index contributed by atoms with van der Waals surface area (Å²) >= 11 is 6.96. The lowest BCUT2D eigenvalue weighted by Gasteiger charge is -2.41. The first-order chi connectivity index (χ1) is 20.0. The number of ether oxygens (including phenoxy) is 1. The van der Waals surface area contributed by atoms with Gasteiger partial charge in [-0.2, -0.15) is 4.98 Å². The normalized spacial score (nSPS) is 18.1. The third-order valence-corrected chi connectivity index (χ3v) is 8.46. The highest BCUT2D eigenvalue weighted by Crippen LogP contribution is 2.35. The van der Waals surface area contributed by atoms with Crippen LogP contribution in [0.15, 0.2) is 29.1 Å². The van der Waals surface area contributed by atoms with Crippen LogP contribution in [0.2, 0.25) is 5.02 Å². The average molecular weight is 595 g/mol. The van der Waals surface area contributed by atoms with Gasteiger partial charge in [0.15, 0.2) is 5.65 Å². The fourth-order valence-corrected chi connectivity index (χ4v) is 6.38. The average Bonchev–Trinajstić information content (AvgIpc) is 2.96. The molecule has 0 aliphatic carbocycles. The Labute approximate surface area is 253 Å². The number of aryl methyl sites for hydroxylation is 2. The standard InChI is InChI=1S/C32H43ClN6O3/c1-7-22-13-12-14-23(8-2)26(22)39-28-24(19-25(33)29(34-28)36-15-10-9-11-16-36)27(35-30(39)40)38-18-17-37(20-21(38)3)31(41)42-32(4,5)6/h12-14,19,21H,7-11,15-18,20H2,1-6H3/t21-/m0/s1.